The summed E-state index contributed by atoms with van der Waals surface area (Å²) in [5.41, 5.74) is 4.93. The molecule has 0 aliphatic heterocycles. The number of nitrogens with two attached hydrogens (primary N) is 1. The van der Waals surface area contributed by atoms with Gasteiger partial charge in [0, 0.05) is 12.1 Å². The van der Waals surface area contributed by atoms with Crippen molar-refractivity contribution in [2.75, 3.05) is 7.11 Å². The van der Waals surface area contributed by atoms with E-state index >= 15 is 0 Å². The molecule has 3 rings (SSSR count). The number of amides is 1. The van der Waals surface area contributed by atoms with Crippen LogP contribution in [0.25, 0.3) is 0 Å². The average molecular weight is 328 g/mol. The van der Waals surface area contributed by atoms with Crippen LogP contribution in [0.5, 0.6) is 5.75 Å². The van der Waals surface area contributed by atoms with Crippen LogP contribution in [0.15, 0.2) is 17.0 Å². The van der Waals surface area contributed by atoms with E-state index in [1.807, 2.05) is 0 Å². The first-order valence-electron chi connectivity index (χ1n) is 7.07. The second-order valence-electron chi connectivity index (χ2n) is 5.65. The minimum atomic E-state index is -3.94. The van der Waals surface area contributed by atoms with Gasteiger partial charge in [-0.1, -0.05) is 0 Å². The maximum absolute atomic E-state index is 13.8. The van der Waals surface area contributed by atoms with Crippen LogP contribution >= 0.6 is 0 Å². The van der Waals surface area contributed by atoms with Crippen molar-refractivity contribution in [3.8, 4) is 5.75 Å². The monoisotopic (exact) mass is 328 g/mol. The molecule has 2 aliphatic carbocycles. The van der Waals surface area contributed by atoms with Gasteiger partial charge in [0.15, 0.2) is 5.75 Å². The summed E-state index contributed by atoms with van der Waals surface area (Å²) in [4.78, 5) is 11.1. The Kier molecular flexibility index (Phi) is 3.60. The molecule has 0 saturated heterocycles. The van der Waals surface area contributed by atoms with Gasteiger partial charge < -0.3 is 10.5 Å². The first-order chi connectivity index (χ1) is 10.4. The SMILES string of the molecule is COc1c(C(N)=O)cc(F)cc1S(=O)(=O)N(C1CC1)C1CC1. The van der Waals surface area contributed by atoms with Gasteiger partial charge in [0.05, 0.1) is 12.7 Å². The third kappa shape index (κ3) is 2.56. The van der Waals surface area contributed by atoms with Crippen molar-refractivity contribution in [2.45, 2.75) is 42.7 Å². The Morgan fingerprint density at radius 3 is 2.23 bits per heavy atom. The molecule has 1 aromatic rings. The van der Waals surface area contributed by atoms with E-state index in [-0.39, 0.29) is 28.3 Å². The van der Waals surface area contributed by atoms with Crippen molar-refractivity contribution < 1.29 is 22.3 Å². The Balaban J connectivity index is 2.15. The molecule has 2 saturated carbocycles. The van der Waals surface area contributed by atoms with Gasteiger partial charge in [0.2, 0.25) is 10.0 Å². The number of hydrogen-bond acceptors (Lipinski definition) is 4. The highest BCUT2D eigenvalue weighted by atomic mass is 32.2. The molecule has 1 aromatic carbocycles. The van der Waals surface area contributed by atoms with E-state index in [2.05, 4.69) is 0 Å². The van der Waals surface area contributed by atoms with Gasteiger partial charge in [-0.05, 0) is 37.8 Å². The summed E-state index contributed by atoms with van der Waals surface area (Å²) in [6.45, 7) is 0. The Bertz CT molecular complexity index is 715. The van der Waals surface area contributed by atoms with Crippen LogP contribution in [0, 0.1) is 5.82 Å². The van der Waals surface area contributed by atoms with Crippen LogP contribution in [0.1, 0.15) is 36.0 Å². The van der Waals surface area contributed by atoms with Gasteiger partial charge in [0.25, 0.3) is 5.91 Å². The molecule has 2 N–H and O–H groups in total. The number of benzene rings is 1. The fourth-order valence-electron chi connectivity index (χ4n) is 2.62. The normalized spacial score (nSPS) is 18.5. The first-order valence-corrected chi connectivity index (χ1v) is 8.51. The summed E-state index contributed by atoms with van der Waals surface area (Å²) < 4.78 is 46.1. The second-order valence-corrected chi connectivity index (χ2v) is 7.46. The molecule has 2 fully saturated rings. The highest BCUT2D eigenvalue weighted by molar-refractivity contribution is 7.89. The van der Waals surface area contributed by atoms with Crippen LogP contribution in [0.4, 0.5) is 4.39 Å². The molecule has 8 heteroatoms. The molecule has 2 aliphatic rings. The first kappa shape index (κ1) is 15.2. The highest BCUT2D eigenvalue weighted by Crippen LogP contribution is 2.43. The van der Waals surface area contributed by atoms with Crippen LogP contribution in [-0.4, -0.2) is 37.8 Å². The second kappa shape index (κ2) is 5.20. The van der Waals surface area contributed by atoms with Gasteiger partial charge in [-0.3, -0.25) is 4.79 Å². The smallest absolute Gasteiger partial charge is 0.252 e. The lowest BCUT2D eigenvalue weighted by atomic mass is 10.2. The fourth-order valence-corrected chi connectivity index (χ4v) is 4.74. The lowest BCUT2D eigenvalue weighted by molar-refractivity contribution is 0.0996. The van der Waals surface area contributed by atoms with Crippen molar-refractivity contribution in [1.29, 1.82) is 0 Å². The number of primary amides is 1. The van der Waals surface area contributed by atoms with Crippen LogP contribution in [0.2, 0.25) is 0 Å². The van der Waals surface area contributed by atoms with Gasteiger partial charge in [-0.15, -0.1) is 0 Å². The van der Waals surface area contributed by atoms with E-state index in [0.29, 0.717) is 0 Å². The summed E-state index contributed by atoms with van der Waals surface area (Å²) in [7, 11) is -2.70. The van der Waals surface area contributed by atoms with E-state index in [0.717, 1.165) is 37.8 Å². The average Bonchev–Trinajstić information content (AvgIpc) is 3.32. The lowest BCUT2D eigenvalue weighted by Gasteiger charge is -2.23. The minimum Gasteiger partial charge on any atom is -0.494 e. The van der Waals surface area contributed by atoms with E-state index < -0.39 is 21.7 Å². The molecule has 0 aromatic heterocycles. The number of carbonyl (C=O) groups excluding carboxylic acids is 1. The molecule has 0 atom stereocenters. The Labute approximate surface area is 128 Å². The predicted octanol–water partition coefficient (Wildman–Crippen LogP) is 1.25. The van der Waals surface area contributed by atoms with Gasteiger partial charge in [-0.25, -0.2) is 12.8 Å². The Morgan fingerprint density at radius 2 is 1.82 bits per heavy atom. The molecule has 0 radical (unpaired) electrons. The molecule has 0 unspecified atom stereocenters. The van der Waals surface area contributed by atoms with E-state index in [1.54, 1.807) is 0 Å². The zero-order chi connectivity index (χ0) is 16.1. The quantitative estimate of drug-likeness (QED) is 0.851. The molecule has 22 heavy (non-hydrogen) atoms. The third-order valence-electron chi connectivity index (χ3n) is 3.86. The molecule has 0 bridgehead atoms. The summed E-state index contributed by atoms with van der Waals surface area (Å²) in [6.07, 6.45) is 3.21. The molecule has 1 amide bonds. The number of hydrogen-bond donors (Lipinski definition) is 1. The molecule has 0 spiro atoms. The summed E-state index contributed by atoms with van der Waals surface area (Å²) in [6, 6.07) is 1.70. The largest absolute Gasteiger partial charge is 0.494 e. The number of rotatable bonds is 6. The van der Waals surface area contributed by atoms with Crippen LogP contribution < -0.4 is 10.5 Å². The molecule has 0 heterocycles. The molecule has 120 valence electrons. The predicted molar refractivity (Wildman–Crippen MR) is 76.5 cm³/mol. The maximum Gasteiger partial charge on any atom is 0.252 e. The van der Waals surface area contributed by atoms with E-state index in [4.69, 9.17) is 10.5 Å². The van der Waals surface area contributed by atoms with Gasteiger partial charge >= 0.3 is 0 Å². The zero-order valence-corrected chi connectivity index (χ0v) is 12.9. The van der Waals surface area contributed by atoms with E-state index in [1.165, 1.54) is 11.4 Å². The lowest BCUT2D eigenvalue weighted by Crippen LogP contribution is -2.35. The van der Waals surface area contributed by atoms with Crippen molar-refractivity contribution in [3.63, 3.8) is 0 Å². The van der Waals surface area contributed by atoms with Crippen molar-refractivity contribution in [3.05, 3.63) is 23.5 Å². The van der Waals surface area contributed by atoms with Gasteiger partial charge in [0.1, 0.15) is 10.7 Å². The number of halogens is 1. The third-order valence-corrected chi connectivity index (χ3v) is 5.87. The standard InChI is InChI=1S/C14H17FN2O4S/c1-21-13-11(14(16)18)6-8(15)7-12(13)22(19,20)17(9-2-3-9)10-4-5-10/h6-7,9-10H,2-5H2,1H3,(H2,16,18). The van der Waals surface area contributed by atoms with Gasteiger partial charge in [-0.2, -0.15) is 4.31 Å². The zero-order valence-electron chi connectivity index (χ0n) is 12.1. The number of sulfonamides is 1. The molecular formula is C14H17FN2O4S. The van der Waals surface area contributed by atoms with E-state index in [9.17, 15) is 17.6 Å². The number of nitrogens with zero attached hydrogens (tertiary/aromatic N) is 1. The number of carbonyl (C=O) groups is 1. The van der Waals surface area contributed by atoms with Crippen molar-refractivity contribution >= 4 is 15.9 Å². The minimum absolute atomic E-state index is 0.0394. The van der Waals surface area contributed by atoms with Crippen LogP contribution in [0.3, 0.4) is 0 Å². The topological polar surface area (TPSA) is 89.7 Å². The molecular weight excluding hydrogens is 311 g/mol. The molecule has 6 nitrogen and oxygen atoms in total. The maximum atomic E-state index is 13.8. The van der Waals surface area contributed by atoms with Crippen molar-refractivity contribution in [1.82, 2.24) is 4.31 Å². The number of methoxy groups -OCH3 is 1. The Hall–Kier alpha value is -1.67. The summed E-state index contributed by atoms with van der Waals surface area (Å²) >= 11 is 0. The fraction of sp³-hybridized carbons (Fsp3) is 0.500. The Morgan fingerprint density at radius 1 is 1.27 bits per heavy atom. The van der Waals surface area contributed by atoms with Crippen molar-refractivity contribution in [2.24, 2.45) is 5.73 Å². The number of ether oxygens (including phenoxy) is 1. The summed E-state index contributed by atoms with van der Waals surface area (Å²) in [5, 5.41) is 0. The summed E-state index contributed by atoms with van der Waals surface area (Å²) in [5.74, 6) is -1.96. The van der Waals surface area contributed by atoms with Crippen LogP contribution in [-0.2, 0) is 10.0 Å². The highest BCUT2D eigenvalue weighted by Gasteiger charge is 2.47.